The van der Waals surface area contributed by atoms with E-state index in [1.54, 1.807) is 6.08 Å². The van der Waals surface area contributed by atoms with E-state index in [4.69, 9.17) is 11.5 Å². The average molecular weight is 300 g/mol. The number of carboxylic acid groups (broad SMARTS) is 1. The zero-order chi connectivity index (χ0) is 16.5. The third kappa shape index (κ3) is 6.25. The molecule has 1 rings (SSSR count). The summed E-state index contributed by atoms with van der Waals surface area (Å²) in [6.45, 7) is 2.75. The minimum Gasteiger partial charge on any atom is -0.480 e. The number of aliphatic carboxylic acids is 1. The van der Waals surface area contributed by atoms with Gasteiger partial charge in [0.1, 0.15) is 6.04 Å². The largest absolute Gasteiger partial charge is 0.480 e. The van der Waals surface area contributed by atoms with Crippen molar-refractivity contribution in [1.29, 1.82) is 0 Å². The molecule has 0 aliphatic rings. The Morgan fingerprint density at radius 3 is 2.59 bits per heavy atom. The molecule has 0 spiro atoms. The van der Waals surface area contributed by atoms with Gasteiger partial charge in [0.05, 0.1) is 6.54 Å². The van der Waals surface area contributed by atoms with Gasteiger partial charge in [-0.05, 0) is 31.2 Å². The molecule has 1 aromatic carbocycles. The summed E-state index contributed by atoms with van der Waals surface area (Å²) in [6, 6.07) is 6.80. The summed E-state index contributed by atoms with van der Waals surface area (Å²) >= 11 is 0. The molecule has 0 aliphatic carbocycles. The van der Waals surface area contributed by atoms with E-state index >= 15 is 0 Å². The molecule has 0 saturated carbocycles. The fourth-order valence-corrected chi connectivity index (χ4v) is 1.75. The van der Waals surface area contributed by atoms with Crippen LogP contribution in [0, 0.1) is 12.3 Å². The summed E-state index contributed by atoms with van der Waals surface area (Å²) in [5, 5.41) is 11.1. The van der Waals surface area contributed by atoms with Gasteiger partial charge in [-0.2, -0.15) is 0 Å². The molecule has 1 unspecified atom stereocenters. The number of carbonyl (C=O) groups excluding carboxylic acids is 1. The monoisotopic (exact) mass is 300 g/mol. The molecule has 5 nitrogen and oxygen atoms in total. The molecule has 1 atom stereocenters. The number of carbonyl (C=O) groups is 2. The second kappa shape index (κ2) is 8.65. The first-order valence-corrected chi connectivity index (χ1v) is 6.84. The van der Waals surface area contributed by atoms with Crippen molar-refractivity contribution in [2.45, 2.75) is 19.5 Å². The molecular formula is C17H20N2O3. The number of rotatable bonds is 7. The van der Waals surface area contributed by atoms with Gasteiger partial charge < -0.3 is 10.4 Å². The zero-order valence-electron chi connectivity index (χ0n) is 12.7. The van der Waals surface area contributed by atoms with Gasteiger partial charge in [0, 0.05) is 12.6 Å². The van der Waals surface area contributed by atoms with Gasteiger partial charge in [-0.25, -0.2) is 0 Å². The highest BCUT2D eigenvalue weighted by molar-refractivity contribution is 5.94. The van der Waals surface area contributed by atoms with Gasteiger partial charge in [-0.1, -0.05) is 30.2 Å². The second-order valence-corrected chi connectivity index (χ2v) is 5.02. The van der Waals surface area contributed by atoms with Crippen molar-refractivity contribution in [3.63, 3.8) is 0 Å². The van der Waals surface area contributed by atoms with Crippen LogP contribution in [0.5, 0.6) is 0 Å². The Morgan fingerprint density at radius 2 is 2.05 bits per heavy atom. The Bertz CT molecular complexity index is 585. The first-order chi connectivity index (χ1) is 10.4. The highest BCUT2D eigenvalue weighted by Crippen LogP contribution is 2.08. The van der Waals surface area contributed by atoms with Crippen LogP contribution in [0.25, 0.3) is 6.08 Å². The van der Waals surface area contributed by atoms with E-state index in [1.807, 2.05) is 36.2 Å². The molecule has 116 valence electrons. The summed E-state index contributed by atoms with van der Waals surface area (Å²) in [7, 11) is 1.95. The van der Waals surface area contributed by atoms with Crippen LogP contribution in [-0.2, 0) is 16.1 Å². The molecule has 22 heavy (non-hydrogen) atoms. The third-order valence-corrected chi connectivity index (χ3v) is 2.95. The van der Waals surface area contributed by atoms with Crippen LogP contribution in [0.4, 0.5) is 0 Å². The number of amides is 1. The molecular weight excluding hydrogens is 280 g/mol. The van der Waals surface area contributed by atoms with Gasteiger partial charge >= 0.3 is 5.97 Å². The Morgan fingerprint density at radius 1 is 1.41 bits per heavy atom. The van der Waals surface area contributed by atoms with Crippen LogP contribution in [0.15, 0.2) is 30.3 Å². The fourth-order valence-electron chi connectivity index (χ4n) is 1.75. The molecule has 0 aromatic heterocycles. The van der Waals surface area contributed by atoms with E-state index in [2.05, 4.69) is 11.2 Å². The van der Waals surface area contributed by atoms with E-state index in [-0.39, 0.29) is 0 Å². The van der Waals surface area contributed by atoms with E-state index in [0.717, 1.165) is 17.7 Å². The van der Waals surface area contributed by atoms with Crippen LogP contribution in [-0.4, -0.2) is 41.5 Å². The predicted molar refractivity (Wildman–Crippen MR) is 85.9 cm³/mol. The lowest BCUT2D eigenvalue weighted by atomic mass is 10.1. The summed E-state index contributed by atoms with van der Waals surface area (Å²) in [5.41, 5.74) is 1.99. The van der Waals surface area contributed by atoms with E-state index in [0.29, 0.717) is 6.54 Å². The Balaban J connectivity index is 2.57. The SMILES string of the molecule is C#CCN(C)Cc1ccc(C=CC(=O)NC(C)C(=O)O)cc1. The van der Waals surface area contributed by atoms with E-state index in [1.165, 1.54) is 13.0 Å². The first-order valence-electron chi connectivity index (χ1n) is 6.84. The van der Waals surface area contributed by atoms with Crippen molar-refractivity contribution in [1.82, 2.24) is 10.2 Å². The van der Waals surface area contributed by atoms with Gasteiger partial charge in [-0.15, -0.1) is 6.42 Å². The van der Waals surface area contributed by atoms with Crippen molar-refractivity contribution in [2.24, 2.45) is 0 Å². The molecule has 0 fully saturated rings. The number of benzene rings is 1. The third-order valence-electron chi connectivity index (χ3n) is 2.95. The lowest BCUT2D eigenvalue weighted by Gasteiger charge is -2.13. The smallest absolute Gasteiger partial charge is 0.325 e. The van der Waals surface area contributed by atoms with Gasteiger partial charge in [0.2, 0.25) is 5.91 Å². The van der Waals surface area contributed by atoms with Crippen LogP contribution in [0.3, 0.4) is 0 Å². The van der Waals surface area contributed by atoms with E-state index < -0.39 is 17.9 Å². The van der Waals surface area contributed by atoms with Crippen LogP contribution < -0.4 is 5.32 Å². The molecule has 0 heterocycles. The fraction of sp³-hybridized carbons (Fsp3) is 0.294. The summed E-state index contributed by atoms with van der Waals surface area (Å²) in [4.78, 5) is 24.2. The molecule has 0 radical (unpaired) electrons. The number of terminal acetylenes is 1. The lowest BCUT2D eigenvalue weighted by molar-refractivity contribution is -0.140. The minimum absolute atomic E-state index is 0.437. The average Bonchev–Trinajstić information content (AvgIpc) is 2.46. The summed E-state index contributed by atoms with van der Waals surface area (Å²) < 4.78 is 0. The Labute approximate surface area is 130 Å². The van der Waals surface area contributed by atoms with Gasteiger partial charge in [-0.3, -0.25) is 14.5 Å². The molecule has 0 bridgehead atoms. The second-order valence-electron chi connectivity index (χ2n) is 5.02. The van der Waals surface area contributed by atoms with Gasteiger partial charge in [0.15, 0.2) is 0 Å². The minimum atomic E-state index is -1.07. The standard InChI is InChI=1S/C17H20N2O3/c1-4-11-19(3)12-15-7-5-14(6-8-15)9-10-16(20)18-13(2)17(21)22/h1,5-10,13H,11-12H2,2-3H3,(H,18,20)(H,21,22). The van der Waals surface area contributed by atoms with Gasteiger partial charge in [0.25, 0.3) is 0 Å². The Hall–Kier alpha value is -2.58. The number of hydrogen-bond acceptors (Lipinski definition) is 3. The van der Waals surface area contributed by atoms with Crippen molar-refractivity contribution in [3.05, 3.63) is 41.5 Å². The van der Waals surface area contributed by atoms with Crippen LogP contribution >= 0.6 is 0 Å². The number of nitrogens with one attached hydrogen (secondary N) is 1. The predicted octanol–water partition coefficient (Wildman–Crippen LogP) is 1.35. The first kappa shape index (κ1) is 17.5. The number of carboxylic acids is 1. The number of nitrogens with zero attached hydrogens (tertiary/aromatic N) is 1. The maximum atomic E-state index is 11.5. The highest BCUT2D eigenvalue weighted by atomic mass is 16.4. The van der Waals surface area contributed by atoms with Crippen molar-refractivity contribution in [2.75, 3.05) is 13.6 Å². The van der Waals surface area contributed by atoms with Crippen LogP contribution in [0.1, 0.15) is 18.1 Å². The number of hydrogen-bond donors (Lipinski definition) is 2. The molecule has 5 heteroatoms. The molecule has 1 amide bonds. The van der Waals surface area contributed by atoms with Crippen molar-refractivity contribution >= 4 is 18.0 Å². The van der Waals surface area contributed by atoms with Crippen molar-refractivity contribution in [3.8, 4) is 12.3 Å². The Kier molecular flexibility index (Phi) is 6.87. The quantitative estimate of drug-likeness (QED) is 0.589. The maximum absolute atomic E-state index is 11.5. The normalized spacial score (nSPS) is 12.1. The van der Waals surface area contributed by atoms with E-state index in [9.17, 15) is 9.59 Å². The zero-order valence-corrected chi connectivity index (χ0v) is 12.7. The summed E-state index contributed by atoms with van der Waals surface area (Å²) in [5.74, 6) is 1.08. The molecule has 0 saturated heterocycles. The van der Waals surface area contributed by atoms with Crippen molar-refractivity contribution < 1.29 is 14.7 Å². The molecule has 2 N–H and O–H groups in total. The molecule has 0 aliphatic heterocycles. The molecule has 1 aromatic rings. The van der Waals surface area contributed by atoms with Crippen LogP contribution in [0.2, 0.25) is 0 Å². The summed E-state index contributed by atoms with van der Waals surface area (Å²) in [6.07, 6.45) is 8.21. The lowest BCUT2D eigenvalue weighted by Crippen LogP contribution is -2.37. The highest BCUT2D eigenvalue weighted by Gasteiger charge is 2.11. The topological polar surface area (TPSA) is 69.6 Å². The maximum Gasteiger partial charge on any atom is 0.325 e.